The molecule has 1 N–H and O–H groups in total. The summed E-state index contributed by atoms with van der Waals surface area (Å²) in [5, 5.41) is 10.9. The van der Waals surface area contributed by atoms with Gasteiger partial charge < -0.3 is 9.84 Å². The zero-order valence-electron chi connectivity index (χ0n) is 12.1. The summed E-state index contributed by atoms with van der Waals surface area (Å²) >= 11 is 3.49. The molecule has 2 nitrogen and oxygen atoms in total. The van der Waals surface area contributed by atoms with Crippen LogP contribution in [0.2, 0.25) is 0 Å². The fraction of sp³-hybridized carbons (Fsp3) is 0.294. The molecular weight excluding hydrogens is 335 g/mol. The van der Waals surface area contributed by atoms with Crippen LogP contribution in [0.5, 0.6) is 5.75 Å². The molecule has 0 heterocycles. The molecule has 0 spiro atoms. The molecule has 4 heteroatoms. The molecule has 1 atom stereocenters. The van der Waals surface area contributed by atoms with Crippen molar-refractivity contribution >= 4 is 15.9 Å². The van der Waals surface area contributed by atoms with Crippen LogP contribution in [0.4, 0.5) is 4.39 Å². The Balaban J connectivity index is 2.38. The van der Waals surface area contributed by atoms with Crippen LogP contribution in [0.3, 0.4) is 0 Å². The molecule has 0 aliphatic carbocycles. The predicted octanol–water partition coefficient (Wildman–Crippen LogP) is 4.44. The van der Waals surface area contributed by atoms with Gasteiger partial charge in [-0.15, -0.1) is 0 Å². The van der Waals surface area contributed by atoms with E-state index in [2.05, 4.69) is 15.9 Å². The first-order valence-electron chi connectivity index (χ1n) is 6.79. The molecule has 0 fully saturated rings. The van der Waals surface area contributed by atoms with Gasteiger partial charge >= 0.3 is 0 Å². The van der Waals surface area contributed by atoms with Gasteiger partial charge in [0.05, 0.1) is 12.7 Å². The Bertz CT molecular complexity index is 630. The molecule has 2 aromatic carbocycles. The molecule has 0 saturated heterocycles. The lowest BCUT2D eigenvalue weighted by molar-refractivity contribution is 0.0322. The average molecular weight is 353 g/mol. The zero-order chi connectivity index (χ0) is 15.5. The number of methoxy groups -OCH3 is 1. The van der Waals surface area contributed by atoms with Crippen molar-refractivity contribution in [3.8, 4) is 5.75 Å². The first-order chi connectivity index (χ1) is 9.98. The summed E-state index contributed by atoms with van der Waals surface area (Å²) in [7, 11) is 1.60. The molecule has 1 unspecified atom stereocenters. The standard InChI is InChI=1S/C17H18BrFO2/c1-3-17(20,13-5-4-6-14(19)10-13)11-12-9-15(21-2)7-8-16(12)18/h4-10,20H,3,11H2,1-2H3. The minimum absolute atomic E-state index is 0.343. The number of benzene rings is 2. The van der Waals surface area contributed by atoms with Crippen LogP contribution in [0.1, 0.15) is 24.5 Å². The van der Waals surface area contributed by atoms with Crippen LogP contribution in [-0.4, -0.2) is 12.2 Å². The summed E-state index contributed by atoms with van der Waals surface area (Å²) in [4.78, 5) is 0. The van der Waals surface area contributed by atoms with E-state index in [0.717, 1.165) is 15.8 Å². The maximum atomic E-state index is 13.4. The van der Waals surface area contributed by atoms with Crippen molar-refractivity contribution in [1.29, 1.82) is 0 Å². The minimum Gasteiger partial charge on any atom is -0.497 e. The van der Waals surface area contributed by atoms with Crippen molar-refractivity contribution in [2.75, 3.05) is 7.11 Å². The highest BCUT2D eigenvalue weighted by Crippen LogP contribution is 2.33. The monoisotopic (exact) mass is 352 g/mol. The van der Waals surface area contributed by atoms with Gasteiger partial charge in [-0.05, 0) is 47.9 Å². The van der Waals surface area contributed by atoms with E-state index in [1.165, 1.54) is 12.1 Å². The van der Waals surface area contributed by atoms with Crippen LogP contribution in [0.25, 0.3) is 0 Å². The van der Waals surface area contributed by atoms with Crippen LogP contribution in [0, 0.1) is 5.82 Å². The zero-order valence-corrected chi connectivity index (χ0v) is 13.7. The normalized spacial score (nSPS) is 13.8. The maximum Gasteiger partial charge on any atom is 0.123 e. The lowest BCUT2D eigenvalue weighted by Crippen LogP contribution is -2.28. The molecule has 0 amide bonds. The van der Waals surface area contributed by atoms with E-state index in [1.54, 1.807) is 19.2 Å². The predicted molar refractivity (Wildman–Crippen MR) is 85.0 cm³/mol. The number of halogens is 2. The summed E-state index contributed by atoms with van der Waals surface area (Å²) in [5.74, 6) is 0.384. The van der Waals surface area contributed by atoms with E-state index in [0.29, 0.717) is 18.4 Å². The topological polar surface area (TPSA) is 29.5 Å². The van der Waals surface area contributed by atoms with Gasteiger partial charge in [-0.1, -0.05) is 35.0 Å². The molecule has 0 aromatic heterocycles. The van der Waals surface area contributed by atoms with Crippen molar-refractivity contribution in [3.05, 3.63) is 63.9 Å². The second-order valence-corrected chi connectivity index (χ2v) is 5.88. The number of rotatable bonds is 5. The molecule has 112 valence electrons. The van der Waals surface area contributed by atoms with E-state index in [-0.39, 0.29) is 5.82 Å². The molecule has 0 radical (unpaired) electrons. The Morgan fingerprint density at radius 1 is 1.24 bits per heavy atom. The van der Waals surface area contributed by atoms with Gasteiger partial charge in [0.2, 0.25) is 0 Å². The van der Waals surface area contributed by atoms with E-state index in [9.17, 15) is 9.50 Å². The lowest BCUT2D eigenvalue weighted by Gasteiger charge is -2.28. The van der Waals surface area contributed by atoms with Gasteiger partial charge in [0.15, 0.2) is 0 Å². The molecular formula is C17H18BrFO2. The van der Waals surface area contributed by atoms with Crippen molar-refractivity contribution in [1.82, 2.24) is 0 Å². The maximum absolute atomic E-state index is 13.4. The molecule has 2 aromatic rings. The highest BCUT2D eigenvalue weighted by Gasteiger charge is 2.28. The average Bonchev–Trinajstić information content (AvgIpc) is 2.49. The van der Waals surface area contributed by atoms with Gasteiger partial charge in [0.25, 0.3) is 0 Å². The Labute approximate surface area is 132 Å². The van der Waals surface area contributed by atoms with Crippen molar-refractivity contribution in [2.45, 2.75) is 25.4 Å². The molecule has 0 bridgehead atoms. The molecule has 0 aliphatic rings. The van der Waals surface area contributed by atoms with Crippen molar-refractivity contribution in [3.63, 3.8) is 0 Å². The van der Waals surface area contributed by atoms with Gasteiger partial charge in [0.1, 0.15) is 11.6 Å². The fourth-order valence-corrected chi connectivity index (χ4v) is 2.72. The summed E-state index contributed by atoms with van der Waals surface area (Å²) in [6, 6.07) is 11.7. The van der Waals surface area contributed by atoms with Crippen LogP contribution in [-0.2, 0) is 12.0 Å². The highest BCUT2D eigenvalue weighted by atomic mass is 79.9. The second-order valence-electron chi connectivity index (χ2n) is 5.03. The van der Waals surface area contributed by atoms with Gasteiger partial charge in [-0.3, -0.25) is 0 Å². The van der Waals surface area contributed by atoms with Crippen LogP contribution < -0.4 is 4.74 Å². The van der Waals surface area contributed by atoms with E-state index in [4.69, 9.17) is 4.74 Å². The van der Waals surface area contributed by atoms with E-state index in [1.807, 2.05) is 25.1 Å². The lowest BCUT2D eigenvalue weighted by atomic mass is 9.85. The summed E-state index contributed by atoms with van der Waals surface area (Å²) < 4.78 is 19.5. The molecule has 2 rings (SSSR count). The van der Waals surface area contributed by atoms with Crippen molar-refractivity contribution < 1.29 is 14.2 Å². The SMILES string of the molecule is CCC(O)(Cc1cc(OC)ccc1Br)c1cccc(F)c1. The smallest absolute Gasteiger partial charge is 0.123 e. The van der Waals surface area contributed by atoms with Gasteiger partial charge in [0, 0.05) is 10.9 Å². The first kappa shape index (κ1) is 16.0. The Morgan fingerprint density at radius 3 is 2.62 bits per heavy atom. The molecule has 0 saturated carbocycles. The number of hydrogen-bond acceptors (Lipinski definition) is 2. The quantitative estimate of drug-likeness (QED) is 0.861. The Kier molecular flexibility index (Phi) is 5.01. The fourth-order valence-electron chi connectivity index (χ4n) is 2.34. The summed E-state index contributed by atoms with van der Waals surface area (Å²) in [5.41, 5.74) is 0.388. The molecule has 0 aliphatic heterocycles. The second kappa shape index (κ2) is 6.58. The van der Waals surface area contributed by atoms with Crippen LogP contribution in [0.15, 0.2) is 46.9 Å². The number of aliphatic hydroxyl groups is 1. The Hall–Kier alpha value is -1.39. The first-order valence-corrected chi connectivity index (χ1v) is 7.58. The van der Waals surface area contributed by atoms with Crippen molar-refractivity contribution in [2.24, 2.45) is 0 Å². The minimum atomic E-state index is -1.11. The van der Waals surface area contributed by atoms with Gasteiger partial charge in [-0.25, -0.2) is 4.39 Å². The third kappa shape index (κ3) is 3.63. The van der Waals surface area contributed by atoms with Crippen LogP contribution >= 0.6 is 15.9 Å². The number of hydrogen-bond donors (Lipinski definition) is 1. The molecule has 21 heavy (non-hydrogen) atoms. The van der Waals surface area contributed by atoms with E-state index >= 15 is 0 Å². The van der Waals surface area contributed by atoms with Gasteiger partial charge in [-0.2, -0.15) is 0 Å². The summed E-state index contributed by atoms with van der Waals surface area (Å²) in [6.45, 7) is 1.89. The summed E-state index contributed by atoms with van der Waals surface area (Å²) in [6.07, 6.45) is 0.866. The third-order valence-electron chi connectivity index (χ3n) is 3.68. The Morgan fingerprint density at radius 2 is 2.00 bits per heavy atom. The van der Waals surface area contributed by atoms with E-state index < -0.39 is 5.60 Å². The highest BCUT2D eigenvalue weighted by molar-refractivity contribution is 9.10. The largest absolute Gasteiger partial charge is 0.497 e. The number of ether oxygens (including phenoxy) is 1. The third-order valence-corrected chi connectivity index (χ3v) is 4.46.